The number of benzene rings is 1. The van der Waals surface area contributed by atoms with Crippen LogP contribution in [0.25, 0.3) is 0 Å². The van der Waals surface area contributed by atoms with Crippen molar-refractivity contribution in [2.24, 2.45) is 0 Å². The van der Waals surface area contributed by atoms with Crippen molar-refractivity contribution in [3.8, 4) is 0 Å². The summed E-state index contributed by atoms with van der Waals surface area (Å²) in [5, 5.41) is 11.4. The molecule has 0 radical (unpaired) electrons. The van der Waals surface area contributed by atoms with Gasteiger partial charge in [0.1, 0.15) is 6.23 Å². The molecule has 1 atom stereocenters. The number of anilines is 1. The molecule has 0 spiro atoms. The van der Waals surface area contributed by atoms with Crippen molar-refractivity contribution in [2.45, 2.75) is 13.2 Å². The van der Waals surface area contributed by atoms with Gasteiger partial charge in [-0.25, -0.2) is 0 Å². The number of carbonyl (C=O) groups is 1. The molecule has 1 rings (SSSR count). The van der Waals surface area contributed by atoms with E-state index in [4.69, 9.17) is 5.11 Å². The van der Waals surface area contributed by atoms with Crippen LogP contribution in [0.5, 0.6) is 0 Å². The van der Waals surface area contributed by atoms with Gasteiger partial charge in [0.05, 0.1) is 0 Å². The smallest absolute Gasteiger partial charge is 0.253 e. The largest absolute Gasteiger partial charge is 0.378 e. The number of aliphatic hydroxyl groups excluding tert-OH is 1. The van der Waals surface area contributed by atoms with Gasteiger partial charge in [-0.3, -0.25) is 4.79 Å². The van der Waals surface area contributed by atoms with E-state index in [0.29, 0.717) is 5.56 Å². The van der Waals surface area contributed by atoms with Crippen molar-refractivity contribution in [1.29, 1.82) is 0 Å². The molecule has 0 saturated carbocycles. The number of amides is 1. The molecule has 0 aliphatic rings. The summed E-state index contributed by atoms with van der Waals surface area (Å²) in [6, 6.07) is 7.17. The molecule has 1 aromatic rings. The molecular weight excluding hydrogens is 192 g/mol. The van der Waals surface area contributed by atoms with Crippen molar-refractivity contribution in [2.75, 3.05) is 19.0 Å². The summed E-state index contributed by atoms with van der Waals surface area (Å²) < 4.78 is 0. The number of nitrogens with zero attached hydrogens (tertiary/aromatic N) is 1. The van der Waals surface area contributed by atoms with Crippen LogP contribution in [-0.2, 0) is 0 Å². The Morgan fingerprint density at radius 3 is 2.27 bits per heavy atom. The van der Waals surface area contributed by atoms with Crippen molar-refractivity contribution in [3.63, 3.8) is 0 Å². The third-order valence-corrected chi connectivity index (χ3v) is 1.99. The van der Waals surface area contributed by atoms with Crippen LogP contribution < -0.4 is 10.2 Å². The number of hydrogen-bond donors (Lipinski definition) is 2. The van der Waals surface area contributed by atoms with Gasteiger partial charge < -0.3 is 15.3 Å². The molecule has 0 aromatic heterocycles. The summed E-state index contributed by atoms with van der Waals surface area (Å²) in [6.45, 7) is 1.51. The van der Waals surface area contributed by atoms with Crippen molar-refractivity contribution >= 4 is 11.6 Å². The molecule has 0 aliphatic heterocycles. The van der Waals surface area contributed by atoms with E-state index in [0.717, 1.165) is 5.69 Å². The zero-order valence-electron chi connectivity index (χ0n) is 9.19. The lowest BCUT2D eigenvalue weighted by Gasteiger charge is -2.13. The maximum atomic E-state index is 11.5. The lowest BCUT2D eigenvalue weighted by atomic mass is 10.2. The number of rotatable bonds is 3. The molecule has 0 aliphatic carbocycles. The molecular formula is C11H16N2O2. The number of carbonyl (C=O) groups excluding carboxylic acids is 1. The molecule has 1 unspecified atom stereocenters. The average Bonchev–Trinajstić information content (AvgIpc) is 2.17. The first-order valence-electron chi connectivity index (χ1n) is 4.77. The molecule has 1 amide bonds. The first kappa shape index (κ1) is 11.5. The normalized spacial score (nSPS) is 12.0. The van der Waals surface area contributed by atoms with E-state index in [-0.39, 0.29) is 5.91 Å². The van der Waals surface area contributed by atoms with Crippen LogP contribution in [0.1, 0.15) is 17.3 Å². The minimum absolute atomic E-state index is 0.268. The molecule has 0 bridgehead atoms. The molecule has 2 N–H and O–H groups in total. The van der Waals surface area contributed by atoms with Crippen LogP contribution in [0.15, 0.2) is 24.3 Å². The summed E-state index contributed by atoms with van der Waals surface area (Å²) in [5.41, 5.74) is 1.57. The van der Waals surface area contributed by atoms with Gasteiger partial charge in [-0.2, -0.15) is 0 Å². The van der Waals surface area contributed by atoms with Crippen LogP contribution in [-0.4, -0.2) is 31.3 Å². The number of aliphatic hydroxyl groups is 1. The second-order valence-corrected chi connectivity index (χ2v) is 3.59. The Balaban J connectivity index is 2.75. The van der Waals surface area contributed by atoms with Gasteiger partial charge in [0.2, 0.25) is 0 Å². The minimum Gasteiger partial charge on any atom is -0.378 e. The molecule has 0 heterocycles. The highest BCUT2D eigenvalue weighted by atomic mass is 16.3. The van der Waals surface area contributed by atoms with Crippen LogP contribution in [0.4, 0.5) is 5.69 Å². The Labute approximate surface area is 89.5 Å². The zero-order chi connectivity index (χ0) is 11.4. The van der Waals surface area contributed by atoms with E-state index < -0.39 is 6.23 Å². The SMILES string of the molecule is CC(O)NC(=O)c1ccc(N(C)C)cc1. The molecule has 4 nitrogen and oxygen atoms in total. The lowest BCUT2D eigenvalue weighted by Crippen LogP contribution is -2.32. The van der Waals surface area contributed by atoms with Crippen LogP contribution in [0, 0.1) is 0 Å². The van der Waals surface area contributed by atoms with Crippen molar-refractivity contribution in [1.82, 2.24) is 5.32 Å². The molecule has 0 fully saturated rings. The van der Waals surface area contributed by atoms with E-state index in [2.05, 4.69) is 5.32 Å². The quantitative estimate of drug-likeness (QED) is 0.723. The predicted octanol–water partition coefficient (Wildman–Crippen LogP) is 0.821. The van der Waals surface area contributed by atoms with E-state index in [1.165, 1.54) is 6.92 Å². The van der Waals surface area contributed by atoms with Gasteiger partial charge >= 0.3 is 0 Å². The van der Waals surface area contributed by atoms with Crippen LogP contribution >= 0.6 is 0 Å². The van der Waals surface area contributed by atoms with Crippen LogP contribution in [0.3, 0.4) is 0 Å². The average molecular weight is 208 g/mol. The fourth-order valence-electron chi connectivity index (χ4n) is 1.18. The van der Waals surface area contributed by atoms with E-state index in [1.807, 2.05) is 31.1 Å². The zero-order valence-corrected chi connectivity index (χ0v) is 9.19. The highest BCUT2D eigenvalue weighted by Gasteiger charge is 2.07. The maximum absolute atomic E-state index is 11.5. The molecule has 1 aromatic carbocycles. The first-order chi connectivity index (χ1) is 7.00. The summed E-state index contributed by atoms with van der Waals surface area (Å²) >= 11 is 0. The standard InChI is InChI=1S/C11H16N2O2/c1-8(14)12-11(15)9-4-6-10(7-5-9)13(2)3/h4-8,14H,1-3H3,(H,12,15). The lowest BCUT2D eigenvalue weighted by molar-refractivity contribution is 0.0819. The van der Waals surface area contributed by atoms with Crippen LogP contribution in [0.2, 0.25) is 0 Å². The number of hydrogen-bond acceptors (Lipinski definition) is 3. The molecule has 0 saturated heterocycles. The van der Waals surface area contributed by atoms with Gasteiger partial charge in [-0.1, -0.05) is 0 Å². The third-order valence-electron chi connectivity index (χ3n) is 1.99. The van der Waals surface area contributed by atoms with Gasteiger partial charge in [-0.15, -0.1) is 0 Å². The second-order valence-electron chi connectivity index (χ2n) is 3.59. The molecule has 15 heavy (non-hydrogen) atoms. The van der Waals surface area contributed by atoms with Crippen molar-refractivity contribution in [3.05, 3.63) is 29.8 Å². The highest BCUT2D eigenvalue weighted by molar-refractivity contribution is 5.94. The van der Waals surface area contributed by atoms with Gasteiger partial charge in [0, 0.05) is 25.3 Å². The fraction of sp³-hybridized carbons (Fsp3) is 0.364. The van der Waals surface area contributed by atoms with Crippen molar-refractivity contribution < 1.29 is 9.90 Å². The highest BCUT2D eigenvalue weighted by Crippen LogP contribution is 2.11. The van der Waals surface area contributed by atoms with Gasteiger partial charge in [0.15, 0.2) is 0 Å². The fourth-order valence-corrected chi connectivity index (χ4v) is 1.18. The monoisotopic (exact) mass is 208 g/mol. The Morgan fingerprint density at radius 1 is 1.33 bits per heavy atom. The summed E-state index contributed by atoms with van der Waals surface area (Å²) in [7, 11) is 3.87. The van der Waals surface area contributed by atoms with E-state index >= 15 is 0 Å². The van der Waals surface area contributed by atoms with E-state index in [9.17, 15) is 4.79 Å². The molecule has 82 valence electrons. The minimum atomic E-state index is -0.828. The Bertz CT molecular complexity index is 331. The number of nitrogens with one attached hydrogen (secondary N) is 1. The first-order valence-corrected chi connectivity index (χ1v) is 4.77. The summed E-state index contributed by atoms with van der Waals surface area (Å²) in [6.07, 6.45) is -0.828. The molecule has 4 heteroatoms. The van der Waals surface area contributed by atoms with Gasteiger partial charge in [0.25, 0.3) is 5.91 Å². The Hall–Kier alpha value is -1.55. The Morgan fingerprint density at radius 2 is 1.87 bits per heavy atom. The second kappa shape index (κ2) is 4.79. The summed E-state index contributed by atoms with van der Waals surface area (Å²) in [5.74, 6) is -0.268. The Kier molecular flexibility index (Phi) is 3.68. The third kappa shape index (κ3) is 3.25. The van der Waals surface area contributed by atoms with E-state index in [1.54, 1.807) is 12.1 Å². The topological polar surface area (TPSA) is 52.6 Å². The summed E-state index contributed by atoms with van der Waals surface area (Å²) in [4.78, 5) is 13.4. The van der Waals surface area contributed by atoms with Gasteiger partial charge in [-0.05, 0) is 31.2 Å². The maximum Gasteiger partial charge on any atom is 0.253 e. The predicted molar refractivity (Wildman–Crippen MR) is 59.9 cm³/mol.